The second kappa shape index (κ2) is 8.35. The van der Waals surface area contributed by atoms with Gasteiger partial charge in [-0.3, -0.25) is 0 Å². The Morgan fingerprint density at radius 2 is 1.28 bits per heavy atom. The standard InChI is InChI=1S/C24H20N4O/c1-28(25-17-18-12-14-21(29)15-13-18)24-26-22(19-8-4-2-5-9-19)16-23(27-24)20-10-6-3-7-11-20/h2-17,29H,1H3/b25-17+. The molecule has 0 unspecified atom stereocenters. The summed E-state index contributed by atoms with van der Waals surface area (Å²) in [5.41, 5.74) is 4.58. The van der Waals surface area contributed by atoms with Gasteiger partial charge in [-0.15, -0.1) is 0 Å². The Labute approximate surface area is 169 Å². The Balaban J connectivity index is 1.72. The van der Waals surface area contributed by atoms with E-state index in [1.165, 1.54) is 0 Å². The van der Waals surface area contributed by atoms with Crippen LogP contribution < -0.4 is 5.01 Å². The van der Waals surface area contributed by atoms with E-state index in [1.54, 1.807) is 35.5 Å². The van der Waals surface area contributed by atoms with Gasteiger partial charge < -0.3 is 5.11 Å². The number of hydrogen-bond donors (Lipinski definition) is 1. The van der Waals surface area contributed by atoms with E-state index < -0.39 is 0 Å². The molecule has 0 aliphatic heterocycles. The Morgan fingerprint density at radius 1 is 0.759 bits per heavy atom. The minimum absolute atomic E-state index is 0.224. The molecule has 0 amide bonds. The molecule has 0 spiro atoms. The fourth-order valence-corrected chi connectivity index (χ4v) is 2.86. The third-order valence-corrected chi connectivity index (χ3v) is 4.42. The molecule has 1 aromatic heterocycles. The van der Waals surface area contributed by atoms with Crippen molar-refractivity contribution in [3.63, 3.8) is 0 Å². The van der Waals surface area contributed by atoms with Gasteiger partial charge in [0.2, 0.25) is 5.95 Å². The molecule has 0 atom stereocenters. The summed E-state index contributed by atoms with van der Waals surface area (Å²) in [6.45, 7) is 0. The number of nitrogens with zero attached hydrogens (tertiary/aromatic N) is 4. The van der Waals surface area contributed by atoms with E-state index in [9.17, 15) is 5.11 Å². The van der Waals surface area contributed by atoms with Crippen molar-refractivity contribution in [3.05, 3.63) is 96.6 Å². The van der Waals surface area contributed by atoms with Gasteiger partial charge in [0.1, 0.15) is 5.75 Å². The second-order valence-corrected chi connectivity index (χ2v) is 6.53. The first-order chi connectivity index (χ1) is 14.2. The van der Waals surface area contributed by atoms with Crippen molar-refractivity contribution in [2.24, 2.45) is 5.10 Å². The van der Waals surface area contributed by atoms with Gasteiger partial charge in [0.05, 0.1) is 17.6 Å². The number of aromatic hydroxyl groups is 1. The molecule has 4 aromatic rings. The molecule has 0 fully saturated rings. The third kappa shape index (κ3) is 4.47. The Hall–Kier alpha value is -3.99. The van der Waals surface area contributed by atoms with E-state index in [-0.39, 0.29) is 5.75 Å². The summed E-state index contributed by atoms with van der Waals surface area (Å²) in [4.78, 5) is 9.43. The van der Waals surface area contributed by atoms with Crippen molar-refractivity contribution in [1.29, 1.82) is 0 Å². The molecular formula is C24H20N4O. The number of hydrazone groups is 1. The van der Waals surface area contributed by atoms with E-state index in [1.807, 2.05) is 73.8 Å². The lowest BCUT2D eigenvalue weighted by Gasteiger charge is -2.14. The number of anilines is 1. The van der Waals surface area contributed by atoms with Crippen LogP contribution in [-0.2, 0) is 0 Å². The van der Waals surface area contributed by atoms with E-state index in [0.29, 0.717) is 5.95 Å². The predicted molar refractivity (Wildman–Crippen MR) is 117 cm³/mol. The van der Waals surface area contributed by atoms with Crippen LogP contribution in [0.1, 0.15) is 5.56 Å². The van der Waals surface area contributed by atoms with Crippen LogP contribution in [0.4, 0.5) is 5.95 Å². The van der Waals surface area contributed by atoms with Crippen LogP contribution in [0.25, 0.3) is 22.5 Å². The maximum Gasteiger partial charge on any atom is 0.247 e. The van der Waals surface area contributed by atoms with Gasteiger partial charge in [-0.1, -0.05) is 60.7 Å². The third-order valence-electron chi connectivity index (χ3n) is 4.42. The highest BCUT2D eigenvalue weighted by Gasteiger charge is 2.11. The highest BCUT2D eigenvalue weighted by molar-refractivity contribution is 5.80. The molecule has 0 saturated carbocycles. The molecule has 29 heavy (non-hydrogen) atoms. The van der Waals surface area contributed by atoms with Gasteiger partial charge in [0.25, 0.3) is 0 Å². The molecular weight excluding hydrogens is 360 g/mol. The van der Waals surface area contributed by atoms with Crippen molar-refractivity contribution >= 4 is 12.2 Å². The topological polar surface area (TPSA) is 61.6 Å². The molecule has 0 bridgehead atoms. The van der Waals surface area contributed by atoms with Crippen LogP contribution in [0.15, 0.2) is 96.1 Å². The van der Waals surface area contributed by atoms with E-state index >= 15 is 0 Å². The largest absolute Gasteiger partial charge is 0.508 e. The second-order valence-electron chi connectivity index (χ2n) is 6.53. The summed E-state index contributed by atoms with van der Waals surface area (Å²) >= 11 is 0. The number of rotatable bonds is 5. The molecule has 3 aromatic carbocycles. The summed E-state index contributed by atoms with van der Waals surface area (Å²) < 4.78 is 0. The van der Waals surface area contributed by atoms with Gasteiger partial charge >= 0.3 is 0 Å². The lowest BCUT2D eigenvalue weighted by Crippen LogP contribution is -2.13. The molecule has 5 heteroatoms. The first kappa shape index (κ1) is 18.4. The quantitative estimate of drug-likeness (QED) is 0.391. The van der Waals surface area contributed by atoms with Crippen LogP contribution in [0.2, 0.25) is 0 Å². The van der Waals surface area contributed by atoms with Crippen LogP contribution in [0.5, 0.6) is 5.75 Å². The maximum atomic E-state index is 9.41. The molecule has 0 aliphatic rings. The monoisotopic (exact) mass is 380 g/mol. The smallest absolute Gasteiger partial charge is 0.247 e. The van der Waals surface area contributed by atoms with E-state index in [0.717, 1.165) is 28.1 Å². The predicted octanol–water partition coefficient (Wildman–Crippen LogP) is 4.99. The van der Waals surface area contributed by atoms with Crippen LogP contribution >= 0.6 is 0 Å². The zero-order valence-corrected chi connectivity index (χ0v) is 16.0. The number of aromatic nitrogens is 2. The van der Waals surface area contributed by atoms with Crippen molar-refractivity contribution in [2.45, 2.75) is 0 Å². The lowest BCUT2D eigenvalue weighted by molar-refractivity contribution is 0.475. The fourth-order valence-electron chi connectivity index (χ4n) is 2.86. The zero-order valence-electron chi connectivity index (χ0n) is 16.0. The van der Waals surface area contributed by atoms with Gasteiger partial charge in [-0.25, -0.2) is 15.0 Å². The minimum atomic E-state index is 0.224. The van der Waals surface area contributed by atoms with E-state index in [4.69, 9.17) is 9.97 Å². The van der Waals surface area contributed by atoms with Crippen LogP contribution in [0.3, 0.4) is 0 Å². The van der Waals surface area contributed by atoms with Crippen molar-refractivity contribution in [3.8, 4) is 28.3 Å². The molecule has 1 N–H and O–H groups in total. The molecule has 0 saturated heterocycles. The summed E-state index contributed by atoms with van der Waals surface area (Å²) in [7, 11) is 1.82. The highest BCUT2D eigenvalue weighted by Crippen LogP contribution is 2.26. The molecule has 4 rings (SSSR count). The normalized spacial score (nSPS) is 10.9. The van der Waals surface area contributed by atoms with Crippen LogP contribution in [-0.4, -0.2) is 28.3 Å². The number of hydrogen-bond acceptors (Lipinski definition) is 5. The number of phenols is 1. The molecule has 1 heterocycles. The van der Waals surface area contributed by atoms with Crippen molar-refractivity contribution < 1.29 is 5.11 Å². The molecule has 0 radical (unpaired) electrons. The Kier molecular flexibility index (Phi) is 5.29. The lowest BCUT2D eigenvalue weighted by atomic mass is 10.1. The summed E-state index contributed by atoms with van der Waals surface area (Å²) in [5, 5.41) is 15.5. The highest BCUT2D eigenvalue weighted by atomic mass is 16.3. The van der Waals surface area contributed by atoms with Gasteiger partial charge in [-0.05, 0) is 35.9 Å². The number of benzene rings is 3. The molecule has 0 aliphatic carbocycles. The Morgan fingerprint density at radius 3 is 1.79 bits per heavy atom. The Bertz CT molecular complexity index is 1050. The van der Waals surface area contributed by atoms with E-state index in [2.05, 4.69) is 5.10 Å². The van der Waals surface area contributed by atoms with Gasteiger partial charge in [0, 0.05) is 18.2 Å². The average Bonchev–Trinajstić information content (AvgIpc) is 2.79. The molecule has 5 nitrogen and oxygen atoms in total. The zero-order chi connectivity index (χ0) is 20.1. The first-order valence-corrected chi connectivity index (χ1v) is 9.26. The first-order valence-electron chi connectivity index (χ1n) is 9.26. The maximum absolute atomic E-state index is 9.41. The van der Waals surface area contributed by atoms with Crippen LogP contribution in [0, 0.1) is 0 Å². The van der Waals surface area contributed by atoms with Crippen molar-refractivity contribution in [1.82, 2.24) is 9.97 Å². The van der Waals surface area contributed by atoms with Gasteiger partial charge in [0.15, 0.2) is 0 Å². The number of phenolic OH excluding ortho intramolecular Hbond substituents is 1. The minimum Gasteiger partial charge on any atom is -0.508 e. The summed E-state index contributed by atoms with van der Waals surface area (Å²) in [6, 6.07) is 28.9. The summed E-state index contributed by atoms with van der Waals surface area (Å²) in [5.74, 6) is 0.724. The van der Waals surface area contributed by atoms with Gasteiger partial charge in [-0.2, -0.15) is 5.10 Å². The summed E-state index contributed by atoms with van der Waals surface area (Å²) in [6.07, 6.45) is 1.71. The van der Waals surface area contributed by atoms with Crippen molar-refractivity contribution in [2.75, 3.05) is 12.1 Å². The SMILES string of the molecule is CN(/N=C/c1ccc(O)cc1)c1nc(-c2ccccc2)cc(-c2ccccc2)n1. The molecule has 142 valence electrons. The average molecular weight is 380 g/mol. The fraction of sp³-hybridized carbons (Fsp3) is 0.0417.